The van der Waals surface area contributed by atoms with Crippen molar-refractivity contribution < 1.29 is 18.6 Å². The predicted molar refractivity (Wildman–Crippen MR) is 61.5 cm³/mol. The summed E-state index contributed by atoms with van der Waals surface area (Å²) in [6.07, 6.45) is -0.734. The Morgan fingerprint density at radius 1 is 1.06 bits per heavy atom. The molecular formula is C12H10F2O2S. The molecule has 0 aliphatic heterocycles. The molecule has 1 atom stereocenters. The lowest BCUT2D eigenvalue weighted by atomic mass is 10.0. The average Bonchev–Trinajstić information content (AvgIpc) is 2.82. The Labute approximate surface area is 101 Å². The number of aliphatic hydroxyl groups is 1. The zero-order valence-electron chi connectivity index (χ0n) is 8.72. The van der Waals surface area contributed by atoms with E-state index in [2.05, 4.69) is 4.74 Å². The number of hydrogen-bond donors (Lipinski definition) is 1. The summed E-state index contributed by atoms with van der Waals surface area (Å²) < 4.78 is 28.1. The highest BCUT2D eigenvalue weighted by molar-refractivity contribution is 7.07. The Balaban J connectivity index is 2.12. The van der Waals surface area contributed by atoms with Crippen LogP contribution in [0.5, 0.6) is 5.75 Å². The van der Waals surface area contributed by atoms with Crippen molar-refractivity contribution in [1.82, 2.24) is 0 Å². The fourth-order valence-corrected chi connectivity index (χ4v) is 2.13. The number of hydrogen-bond acceptors (Lipinski definition) is 3. The summed E-state index contributed by atoms with van der Waals surface area (Å²) in [7, 11) is 0. The van der Waals surface area contributed by atoms with Gasteiger partial charge in [-0.15, -0.1) is 0 Å². The topological polar surface area (TPSA) is 29.5 Å². The van der Waals surface area contributed by atoms with Crippen molar-refractivity contribution in [3.8, 4) is 5.75 Å². The molecule has 17 heavy (non-hydrogen) atoms. The molecule has 0 aliphatic carbocycles. The Morgan fingerprint density at radius 3 is 2.29 bits per heavy atom. The molecule has 0 bridgehead atoms. The van der Waals surface area contributed by atoms with Gasteiger partial charge in [0.15, 0.2) is 0 Å². The van der Waals surface area contributed by atoms with E-state index in [0.717, 1.165) is 5.56 Å². The van der Waals surface area contributed by atoms with Gasteiger partial charge in [-0.2, -0.15) is 20.1 Å². The first-order valence-electron chi connectivity index (χ1n) is 4.92. The minimum atomic E-state index is -2.83. The maximum Gasteiger partial charge on any atom is 0.387 e. The number of benzene rings is 1. The van der Waals surface area contributed by atoms with Crippen LogP contribution in [0.2, 0.25) is 0 Å². The molecule has 0 amide bonds. The molecule has 1 aromatic heterocycles. The van der Waals surface area contributed by atoms with Gasteiger partial charge in [0, 0.05) is 0 Å². The Morgan fingerprint density at radius 2 is 1.76 bits per heavy atom. The van der Waals surface area contributed by atoms with Crippen molar-refractivity contribution in [2.75, 3.05) is 0 Å². The van der Waals surface area contributed by atoms with Gasteiger partial charge in [-0.25, -0.2) is 0 Å². The third kappa shape index (κ3) is 3.01. The largest absolute Gasteiger partial charge is 0.435 e. The van der Waals surface area contributed by atoms with Crippen LogP contribution in [-0.2, 0) is 0 Å². The summed E-state index contributed by atoms with van der Waals surface area (Å²) in [5.41, 5.74) is 1.43. The molecule has 1 aromatic carbocycles. The molecule has 0 saturated heterocycles. The van der Waals surface area contributed by atoms with Crippen LogP contribution < -0.4 is 4.74 Å². The van der Waals surface area contributed by atoms with E-state index in [1.165, 1.54) is 23.5 Å². The van der Waals surface area contributed by atoms with Gasteiger partial charge in [-0.1, -0.05) is 12.1 Å². The highest BCUT2D eigenvalue weighted by atomic mass is 32.1. The van der Waals surface area contributed by atoms with Crippen molar-refractivity contribution in [3.63, 3.8) is 0 Å². The maximum absolute atomic E-state index is 11.9. The van der Waals surface area contributed by atoms with E-state index in [4.69, 9.17) is 0 Å². The van der Waals surface area contributed by atoms with Crippen LogP contribution in [0.3, 0.4) is 0 Å². The van der Waals surface area contributed by atoms with Gasteiger partial charge < -0.3 is 9.84 Å². The van der Waals surface area contributed by atoms with Crippen LogP contribution in [0.25, 0.3) is 0 Å². The van der Waals surface area contributed by atoms with E-state index >= 15 is 0 Å². The average molecular weight is 256 g/mol. The molecule has 90 valence electrons. The zero-order valence-corrected chi connectivity index (χ0v) is 9.53. The lowest BCUT2D eigenvalue weighted by Gasteiger charge is -2.10. The summed E-state index contributed by atoms with van der Waals surface area (Å²) in [6, 6.07) is 7.78. The molecule has 0 radical (unpaired) electrons. The number of aliphatic hydroxyl groups excluding tert-OH is 1. The number of ether oxygens (including phenoxy) is 1. The van der Waals surface area contributed by atoms with E-state index in [-0.39, 0.29) is 5.75 Å². The monoisotopic (exact) mass is 256 g/mol. The van der Waals surface area contributed by atoms with E-state index in [1.807, 2.05) is 16.8 Å². The second-order valence-corrected chi connectivity index (χ2v) is 4.19. The molecule has 5 heteroatoms. The molecular weight excluding hydrogens is 246 g/mol. The van der Waals surface area contributed by atoms with Crippen molar-refractivity contribution in [2.45, 2.75) is 12.7 Å². The van der Waals surface area contributed by atoms with Gasteiger partial charge >= 0.3 is 6.61 Å². The minimum absolute atomic E-state index is 0.0845. The van der Waals surface area contributed by atoms with Crippen molar-refractivity contribution >= 4 is 11.3 Å². The Kier molecular flexibility index (Phi) is 3.71. The second kappa shape index (κ2) is 5.25. The Bertz CT molecular complexity index is 454. The normalized spacial score (nSPS) is 12.7. The minimum Gasteiger partial charge on any atom is -0.435 e. The summed E-state index contributed by atoms with van der Waals surface area (Å²) >= 11 is 1.49. The quantitative estimate of drug-likeness (QED) is 0.908. The molecule has 2 aromatic rings. The Hall–Kier alpha value is -1.46. The van der Waals surface area contributed by atoms with Crippen LogP contribution >= 0.6 is 11.3 Å². The first-order chi connectivity index (χ1) is 8.16. The highest BCUT2D eigenvalue weighted by Gasteiger charge is 2.11. The molecule has 1 heterocycles. The van der Waals surface area contributed by atoms with E-state index in [9.17, 15) is 13.9 Å². The predicted octanol–water partition coefficient (Wildman–Crippen LogP) is 3.43. The van der Waals surface area contributed by atoms with Gasteiger partial charge in [-0.05, 0) is 40.1 Å². The molecule has 0 fully saturated rings. The van der Waals surface area contributed by atoms with Crippen molar-refractivity contribution in [3.05, 3.63) is 52.2 Å². The summed E-state index contributed by atoms with van der Waals surface area (Å²) in [5.74, 6) is 0.0845. The summed E-state index contributed by atoms with van der Waals surface area (Å²) in [5, 5.41) is 13.7. The fourth-order valence-electron chi connectivity index (χ4n) is 1.45. The first-order valence-corrected chi connectivity index (χ1v) is 5.86. The van der Waals surface area contributed by atoms with Crippen LogP contribution in [0.4, 0.5) is 8.78 Å². The third-order valence-corrected chi connectivity index (χ3v) is 2.98. The molecule has 0 spiro atoms. The molecule has 2 rings (SSSR count). The number of thiophene rings is 1. The lowest BCUT2D eigenvalue weighted by molar-refractivity contribution is -0.0498. The lowest BCUT2D eigenvalue weighted by Crippen LogP contribution is -2.02. The fraction of sp³-hybridized carbons (Fsp3) is 0.167. The standard InChI is InChI=1S/C12H10F2O2S/c13-12(14)16-10-3-1-8(2-4-10)11(15)9-5-6-17-7-9/h1-7,11-12,15H. The van der Waals surface area contributed by atoms with E-state index < -0.39 is 12.7 Å². The van der Waals surface area contributed by atoms with Crippen molar-refractivity contribution in [1.29, 1.82) is 0 Å². The molecule has 1 unspecified atom stereocenters. The van der Waals surface area contributed by atoms with Gasteiger partial charge in [0.1, 0.15) is 11.9 Å². The van der Waals surface area contributed by atoms with Crippen LogP contribution in [0.1, 0.15) is 17.2 Å². The number of alkyl halides is 2. The summed E-state index contributed by atoms with van der Waals surface area (Å²) in [4.78, 5) is 0. The van der Waals surface area contributed by atoms with Gasteiger partial charge in [0.2, 0.25) is 0 Å². The zero-order chi connectivity index (χ0) is 12.3. The van der Waals surface area contributed by atoms with Crippen LogP contribution in [0.15, 0.2) is 41.1 Å². The van der Waals surface area contributed by atoms with Gasteiger partial charge in [-0.3, -0.25) is 0 Å². The smallest absolute Gasteiger partial charge is 0.387 e. The van der Waals surface area contributed by atoms with Crippen LogP contribution in [0, 0.1) is 0 Å². The highest BCUT2D eigenvalue weighted by Crippen LogP contribution is 2.25. The van der Waals surface area contributed by atoms with E-state index in [0.29, 0.717) is 5.56 Å². The van der Waals surface area contributed by atoms with Gasteiger partial charge in [0.05, 0.1) is 0 Å². The SMILES string of the molecule is OC(c1ccc(OC(F)F)cc1)c1ccsc1. The molecule has 0 saturated carbocycles. The summed E-state index contributed by atoms with van der Waals surface area (Å²) in [6.45, 7) is -2.83. The molecule has 2 nitrogen and oxygen atoms in total. The third-order valence-electron chi connectivity index (χ3n) is 2.28. The van der Waals surface area contributed by atoms with E-state index in [1.54, 1.807) is 12.1 Å². The van der Waals surface area contributed by atoms with Crippen LogP contribution in [-0.4, -0.2) is 11.7 Å². The molecule has 1 N–H and O–H groups in total. The number of rotatable bonds is 4. The number of halogens is 2. The first kappa shape index (κ1) is 12.0. The second-order valence-electron chi connectivity index (χ2n) is 3.41. The maximum atomic E-state index is 11.9. The molecule has 0 aliphatic rings. The van der Waals surface area contributed by atoms with Gasteiger partial charge in [0.25, 0.3) is 0 Å². The van der Waals surface area contributed by atoms with Crippen molar-refractivity contribution in [2.24, 2.45) is 0 Å².